The van der Waals surface area contributed by atoms with Gasteiger partial charge in [-0.3, -0.25) is 4.90 Å². The third-order valence-electron chi connectivity index (χ3n) is 5.11. The molecule has 3 heteroatoms. The van der Waals surface area contributed by atoms with Crippen LogP contribution in [0, 0.1) is 17.3 Å². The van der Waals surface area contributed by atoms with Crippen LogP contribution in [0.4, 0.5) is 0 Å². The maximum absolute atomic E-state index is 5.51. The van der Waals surface area contributed by atoms with Gasteiger partial charge in [0.15, 0.2) is 0 Å². The highest BCUT2D eigenvalue weighted by molar-refractivity contribution is 4.93. The summed E-state index contributed by atoms with van der Waals surface area (Å²) in [5.74, 6) is 1.56. The minimum absolute atomic E-state index is 0.343. The maximum atomic E-state index is 5.51. The molecule has 2 aliphatic rings. The average molecular weight is 282 g/mol. The molecule has 2 atom stereocenters. The third kappa shape index (κ3) is 4.19. The van der Waals surface area contributed by atoms with E-state index in [1.54, 1.807) is 0 Å². The zero-order valence-electron chi connectivity index (χ0n) is 14.1. The Morgan fingerprint density at radius 2 is 1.85 bits per heavy atom. The molecule has 0 aromatic carbocycles. The molecule has 2 unspecified atom stereocenters. The molecule has 0 spiro atoms. The SMILES string of the molecule is CC(C)C1CNC(C(C)(C)C)CN1CC1CCOCC1. The van der Waals surface area contributed by atoms with Crippen molar-refractivity contribution in [1.82, 2.24) is 10.2 Å². The molecule has 0 bridgehead atoms. The Morgan fingerprint density at radius 1 is 1.20 bits per heavy atom. The van der Waals surface area contributed by atoms with Crippen LogP contribution in [-0.4, -0.2) is 49.8 Å². The van der Waals surface area contributed by atoms with Gasteiger partial charge in [0.1, 0.15) is 0 Å². The van der Waals surface area contributed by atoms with Crippen LogP contribution in [0.15, 0.2) is 0 Å². The first-order chi connectivity index (χ1) is 9.38. The Bertz CT molecular complexity index is 292. The Kier molecular flexibility index (Phi) is 5.49. The minimum Gasteiger partial charge on any atom is -0.381 e. The van der Waals surface area contributed by atoms with Crippen molar-refractivity contribution in [2.75, 3.05) is 32.8 Å². The molecule has 0 radical (unpaired) electrons. The summed E-state index contributed by atoms with van der Waals surface area (Å²) in [4.78, 5) is 2.77. The van der Waals surface area contributed by atoms with Gasteiger partial charge < -0.3 is 10.1 Å². The molecule has 3 nitrogen and oxygen atoms in total. The van der Waals surface area contributed by atoms with Crippen LogP contribution in [0.3, 0.4) is 0 Å². The summed E-state index contributed by atoms with van der Waals surface area (Å²) >= 11 is 0. The lowest BCUT2D eigenvalue weighted by molar-refractivity contribution is 0.0158. The quantitative estimate of drug-likeness (QED) is 0.861. The van der Waals surface area contributed by atoms with E-state index in [1.165, 1.54) is 25.9 Å². The van der Waals surface area contributed by atoms with Gasteiger partial charge in [-0.2, -0.15) is 0 Å². The van der Waals surface area contributed by atoms with Gasteiger partial charge >= 0.3 is 0 Å². The summed E-state index contributed by atoms with van der Waals surface area (Å²) in [5.41, 5.74) is 0.343. The van der Waals surface area contributed by atoms with E-state index in [9.17, 15) is 0 Å². The fraction of sp³-hybridized carbons (Fsp3) is 1.00. The van der Waals surface area contributed by atoms with Crippen LogP contribution in [0.25, 0.3) is 0 Å². The molecule has 20 heavy (non-hydrogen) atoms. The highest BCUT2D eigenvalue weighted by Crippen LogP contribution is 2.27. The van der Waals surface area contributed by atoms with Crippen LogP contribution in [0.1, 0.15) is 47.5 Å². The second kappa shape index (κ2) is 6.76. The van der Waals surface area contributed by atoms with Crippen LogP contribution in [0.5, 0.6) is 0 Å². The molecule has 1 N–H and O–H groups in total. The van der Waals surface area contributed by atoms with Crippen molar-refractivity contribution in [2.45, 2.75) is 59.5 Å². The van der Waals surface area contributed by atoms with Crippen LogP contribution in [-0.2, 0) is 4.74 Å². The predicted octanol–water partition coefficient (Wildman–Crippen LogP) is 2.76. The molecule has 2 saturated heterocycles. The van der Waals surface area contributed by atoms with Crippen molar-refractivity contribution in [3.63, 3.8) is 0 Å². The maximum Gasteiger partial charge on any atom is 0.0469 e. The molecule has 2 rings (SSSR count). The highest BCUT2D eigenvalue weighted by Gasteiger charge is 2.36. The first kappa shape index (κ1) is 16.3. The van der Waals surface area contributed by atoms with E-state index < -0.39 is 0 Å². The largest absolute Gasteiger partial charge is 0.381 e. The Labute approximate surface area is 125 Å². The molecule has 0 saturated carbocycles. The summed E-state index contributed by atoms with van der Waals surface area (Å²) in [6.45, 7) is 17.3. The normalized spacial score (nSPS) is 30.9. The molecular weight excluding hydrogens is 248 g/mol. The van der Waals surface area contributed by atoms with Gasteiger partial charge in [0.05, 0.1) is 0 Å². The molecule has 0 amide bonds. The topological polar surface area (TPSA) is 24.5 Å². The number of hydrogen-bond acceptors (Lipinski definition) is 3. The zero-order valence-corrected chi connectivity index (χ0v) is 14.1. The smallest absolute Gasteiger partial charge is 0.0469 e. The second-order valence-corrected chi connectivity index (χ2v) is 8.15. The summed E-state index contributed by atoms with van der Waals surface area (Å²) in [7, 11) is 0. The zero-order chi connectivity index (χ0) is 14.8. The van der Waals surface area contributed by atoms with Gasteiger partial charge in [0, 0.05) is 44.9 Å². The second-order valence-electron chi connectivity index (χ2n) is 8.15. The molecule has 0 aromatic rings. The number of rotatable bonds is 3. The van der Waals surface area contributed by atoms with Gasteiger partial charge in [-0.1, -0.05) is 34.6 Å². The molecule has 0 aliphatic carbocycles. The molecular formula is C17H34N2O. The van der Waals surface area contributed by atoms with E-state index in [0.717, 1.165) is 31.6 Å². The third-order valence-corrected chi connectivity index (χ3v) is 5.11. The fourth-order valence-electron chi connectivity index (χ4n) is 3.53. The minimum atomic E-state index is 0.343. The standard InChI is InChI=1S/C17H34N2O/c1-13(2)15-10-18-16(17(3,4)5)12-19(15)11-14-6-8-20-9-7-14/h13-16,18H,6-12H2,1-5H3. The fourth-order valence-corrected chi connectivity index (χ4v) is 3.53. The van der Waals surface area contributed by atoms with Crippen molar-refractivity contribution in [2.24, 2.45) is 17.3 Å². The van der Waals surface area contributed by atoms with Crippen molar-refractivity contribution in [1.29, 1.82) is 0 Å². The van der Waals surface area contributed by atoms with Gasteiger partial charge in [-0.05, 0) is 30.1 Å². The van der Waals surface area contributed by atoms with Crippen molar-refractivity contribution < 1.29 is 4.74 Å². The summed E-state index contributed by atoms with van der Waals surface area (Å²) in [5, 5.41) is 3.79. The van der Waals surface area contributed by atoms with Crippen LogP contribution < -0.4 is 5.32 Å². The van der Waals surface area contributed by atoms with Crippen LogP contribution in [0.2, 0.25) is 0 Å². The summed E-state index contributed by atoms with van der Waals surface area (Å²) in [6.07, 6.45) is 2.49. The molecule has 0 aromatic heterocycles. The van der Waals surface area contributed by atoms with E-state index in [2.05, 4.69) is 44.8 Å². The first-order valence-corrected chi connectivity index (χ1v) is 8.43. The summed E-state index contributed by atoms with van der Waals surface area (Å²) < 4.78 is 5.51. The van der Waals surface area contributed by atoms with E-state index in [4.69, 9.17) is 4.74 Å². The Hall–Kier alpha value is -0.120. The average Bonchev–Trinajstić information content (AvgIpc) is 2.38. The summed E-state index contributed by atoms with van der Waals surface area (Å²) in [6, 6.07) is 1.30. The van der Waals surface area contributed by atoms with E-state index in [-0.39, 0.29) is 0 Å². The Morgan fingerprint density at radius 3 is 2.40 bits per heavy atom. The van der Waals surface area contributed by atoms with Gasteiger partial charge in [-0.15, -0.1) is 0 Å². The lowest BCUT2D eigenvalue weighted by atomic mass is 9.83. The van der Waals surface area contributed by atoms with Gasteiger partial charge in [-0.25, -0.2) is 0 Å². The number of nitrogens with zero attached hydrogens (tertiary/aromatic N) is 1. The monoisotopic (exact) mass is 282 g/mol. The number of hydrogen-bond donors (Lipinski definition) is 1. The van der Waals surface area contributed by atoms with Crippen molar-refractivity contribution >= 4 is 0 Å². The van der Waals surface area contributed by atoms with Crippen molar-refractivity contribution in [3.8, 4) is 0 Å². The van der Waals surface area contributed by atoms with Crippen molar-refractivity contribution in [3.05, 3.63) is 0 Å². The first-order valence-electron chi connectivity index (χ1n) is 8.43. The molecule has 2 aliphatic heterocycles. The lowest BCUT2D eigenvalue weighted by Crippen LogP contribution is -2.62. The predicted molar refractivity (Wildman–Crippen MR) is 85.0 cm³/mol. The van der Waals surface area contributed by atoms with Crippen LogP contribution >= 0.6 is 0 Å². The number of piperazine rings is 1. The Balaban J connectivity index is 1.98. The van der Waals surface area contributed by atoms with E-state index >= 15 is 0 Å². The molecule has 118 valence electrons. The van der Waals surface area contributed by atoms with Gasteiger partial charge in [0.25, 0.3) is 0 Å². The van der Waals surface area contributed by atoms with E-state index in [1.807, 2.05) is 0 Å². The highest BCUT2D eigenvalue weighted by atomic mass is 16.5. The molecule has 2 fully saturated rings. The number of nitrogens with one attached hydrogen (secondary N) is 1. The molecule has 2 heterocycles. The lowest BCUT2D eigenvalue weighted by Gasteiger charge is -2.47. The van der Waals surface area contributed by atoms with E-state index in [0.29, 0.717) is 17.5 Å². The van der Waals surface area contributed by atoms with Gasteiger partial charge in [0.2, 0.25) is 0 Å². The number of ether oxygens (including phenoxy) is 1.